The molecule has 0 radical (unpaired) electrons. The number of rotatable bonds is 5. The Kier molecular flexibility index (Phi) is 6.20. The molecule has 0 spiro atoms. The first kappa shape index (κ1) is 27.0. The second-order valence-corrected chi connectivity index (χ2v) is 12.2. The number of hydrogen-bond donors (Lipinski definition) is 2. The number of aliphatic hydroxyl groups excluding tert-OH is 2. The van der Waals surface area contributed by atoms with Crippen LogP contribution in [0, 0.1) is 0 Å². The molecule has 0 aromatic heterocycles. The Morgan fingerprint density at radius 2 is 1.67 bits per heavy atom. The lowest BCUT2D eigenvalue weighted by Gasteiger charge is -2.30. The lowest BCUT2D eigenvalue weighted by Crippen LogP contribution is -2.31. The minimum absolute atomic E-state index is 0.124. The summed E-state index contributed by atoms with van der Waals surface area (Å²) in [5.74, 6) is -1.50. The summed E-state index contributed by atoms with van der Waals surface area (Å²) >= 11 is 0. The van der Waals surface area contributed by atoms with Gasteiger partial charge in [0, 0.05) is 53.4 Å². The normalized spacial score (nSPS) is 21.8. The molecular formula is C37H34N2O4. The molecule has 0 fully saturated rings. The van der Waals surface area contributed by atoms with Gasteiger partial charge in [0.25, 0.3) is 0 Å². The largest absolute Gasteiger partial charge is 0.507 e. The third kappa shape index (κ3) is 4.00. The van der Waals surface area contributed by atoms with Crippen LogP contribution >= 0.6 is 0 Å². The summed E-state index contributed by atoms with van der Waals surface area (Å²) in [6.45, 7) is 7.93. The highest BCUT2D eigenvalue weighted by Crippen LogP contribution is 2.52. The van der Waals surface area contributed by atoms with Crippen molar-refractivity contribution in [2.24, 2.45) is 0 Å². The van der Waals surface area contributed by atoms with Crippen molar-refractivity contribution in [1.29, 1.82) is 0 Å². The standard InChI is InChI=1S/C37H34N2O4/c1-4-5-17-39-28-15-14-22-10-6-8-12-25(22)34(28)37(2,3)31(39)21-26-35(42)33(36(26)43)32-29(40)19-24(20-30(32)41)38-18-16-23-11-7-9-13-27(23)38/h6-15,19-21,40,42H,4-5,16-18H2,1-3H3/b31-21-,33-32+. The van der Waals surface area contributed by atoms with Gasteiger partial charge in [-0.3, -0.25) is 9.59 Å². The Balaban J connectivity index is 1.28. The van der Waals surface area contributed by atoms with Gasteiger partial charge in [0.2, 0.25) is 5.78 Å². The minimum Gasteiger partial charge on any atom is -0.507 e. The topological polar surface area (TPSA) is 81.1 Å². The van der Waals surface area contributed by atoms with Crippen molar-refractivity contribution in [1.82, 2.24) is 0 Å². The Hall–Kier alpha value is -4.84. The molecule has 216 valence electrons. The number of anilines is 2. The number of unbranched alkanes of at least 4 members (excludes halogenated alkanes) is 1. The highest BCUT2D eigenvalue weighted by molar-refractivity contribution is 6.27. The van der Waals surface area contributed by atoms with Crippen LogP contribution in [0.3, 0.4) is 0 Å². The number of ketones is 2. The predicted molar refractivity (Wildman–Crippen MR) is 170 cm³/mol. The van der Waals surface area contributed by atoms with Gasteiger partial charge >= 0.3 is 0 Å². The van der Waals surface area contributed by atoms with E-state index in [0.29, 0.717) is 12.2 Å². The molecule has 0 saturated carbocycles. The van der Waals surface area contributed by atoms with Gasteiger partial charge in [-0.1, -0.05) is 75.7 Å². The van der Waals surface area contributed by atoms with E-state index in [2.05, 4.69) is 56.0 Å². The van der Waals surface area contributed by atoms with Crippen LogP contribution in [0.5, 0.6) is 0 Å². The van der Waals surface area contributed by atoms with Gasteiger partial charge in [0.05, 0.1) is 16.7 Å². The number of carbonyl (C=O) groups excluding carboxylic acids is 2. The number of nitrogens with zero attached hydrogens (tertiary/aromatic N) is 2. The number of hydrogen-bond acceptors (Lipinski definition) is 6. The van der Waals surface area contributed by atoms with E-state index in [1.54, 1.807) is 6.08 Å². The van der Waals surface area contributed by atoms with Crippen molar-refractivity contribution in [2.45, 2.75) is 45.4 Å². The van der Waals surface area contributed by atoms with Crippen LogP contribution in [0.1, 0.15) is 44.7 Å². The number of allylic oxidation sites excluding steroid dienone is 7. The van der Waals surface area contributed by atoms with Gasteiger partial charge < -0.3 is 20.0 Å². The van der Waals surface area contributed by atoms with Gasteiger partial charge in [0.15, 0.2) is 5.78 Å². The van der Waals surface area contributed by atoms with Crippen LogP contribution in [0.4, 0.5) is 11.4 Å². The molecule has 43 heavy (non-hydrogen) atoms. The highest BCUT2D eigenvalue weighted by atomic mass is 16.3. The summed E-state index contributed by atoms with van der Waals surface area (Å²) < 4.78 is 0. The van der Waals surface area contributed by atoms with Gasteiger partial charge in [-0.15, -0.1) is 0 Å². The first-order valence-corrected chi connectivity index (χ1v) is 15.0. The maximum absolute atomic E-state index is 13.6. The molecule has 2 aliphatic heterocycles. The summed E-state index contributed by atoms with van der Waals surface area (Å²) in [4.78, 5) is 31.2. The van der Waals surface area contributed by atoms with Gasteiger partial charge in [0.1, 0.15) is 11.5 Å². The van der Waals surface area contributed by atoms with Gasteiger partial charge in [-0.25, -0.2) is 0 Å². The summed E-state index contributed by atoms with van der Waals surface area (Å²) in [6.07, 6.45) is 7.56. The van der Waals surface area contributed by atoms with Crippen molar-refractivity contribution in [3.8, 4) is 0 Å². The average Bonchev–Trinajstić information content (AvgIpc) is 3.52. The van der Waals surface area contributed by atoms with E-state index < -0.39 is 17.0 Å². The molecule has 0 amide bonds. The number of Topliss-reactive ketones (excluding diaryl/α,β-unsaturated/α-hetero) is 1. The van der Waals surface area contributed by atoms with Crippen LogP contribution in [-0.2, 0) is 21.4 Å². The molecule has 4 aliphatic rings. The van der Waals surface area contributed by atoms with E-state index in [1.807, 2.05) is 35.2 Å². The fraction of sp³-hybridized carbons (Fsp3) is 0.243. The molecule has 7 rings (SSSR count). The van der Waals surface area contributed by atoms with Crippen molar-refractivity contribution in [2.75, 3.05) is 22.9 Å². The van der Waals surface area contributed by atoms with Crippen molar-refractivity contribution in [3.05, 3.63) is 130 Å². The zero-order chi connectivity index (χ0) is 30.0. The van der Waals surface area contributed by atoms with E-state index in [4.69, 9.17) is 0 Å². The third-order valence-electron chi connectivity index (χ3n) is 9.25. The van der Waals surface area contributed by atoms with Crippen molar-refractivity contribution < 1.29 is 19.8 Å². The van der Waals surface area contributed by atoms with Crippen LogP contribution in [0.25, 0.3) is 10.8 Å². The zero-order valence-electron chi connectivity index (χ0n) is 24.6. The summed E-state index contributed by atoms with van der Waals surface area (Å²) in [7, 11) is 0. The van der Waals surface area contributed by atoms with E-state index in [9.17, 15) is 19.8 Å². The lowest BCUT2D eigenvalue weighted by molar-refractivity contribution is -0.115. The Labute approximate surface area is 251 Å². The first-order valence-electron chi connectivity index (χ1n) is 15.0. The first-order chi connectivity index (χ1) is 20.7. The Morgan fingerprint density at radius 1 is 0.907 bits per heavy atom. The van der Waals surface area contributed by atoms with Gasteiger partial charge in [-0.2, -0.15) is 0 Å². The number of para-hydroxylation sites is 1. The van der Waals surface area contributed by atoms with E-state index in [-0.39, 0.29) is 28.2 Å². The SMILES string of the molecule is CCCCN1/C(=C\C2=C(O)C(=C3\C(=O)C=C(N4CCc5ccccc54)C=C3O)/C2=O)C(C)(C)c2c1ccc1ccccc21. The van der Waals surface area contributed by atoms with E-state index in [1.165, 1.54) is 28.7 Å². The van der Waals surface area contributed by atoms with Crippen LogP contribution in [0.15, 0.2) is 119 Å². The van der Waals surface area contributed by atoms with Crippen LogP contribution < -0.4 is 9.80 Å². The maximum atomic E-state index is 13.6. The van der Waals surface area contributed by atoms with Crippen molar-refractivity contribution in [3.63, 3.8) is 0 Å². The molecule has 6 heteroatoms. The lowest BCUT2D eigenvalue weighted by atomic mass is 9.77. The quantitative estimate of drug-likeness (QED) is 0.314. The maximum Gasteiger partial charge on any atom is 0.201 e. The number of carbonyl (C=O) groups is 2. The third-order valence-corrected chi connectivity index (χ3v) is 9.25. The monoisotopic (exact) mass is 570 g/mol. The number of fused-ring (bicyclic) bond motifs is 4. The second-order valence-electron chi connectivity index (χ2n) is 12.2. The molecule has 6 nitrogen and oxygen atoms in total. The molecule has 0 saturated heterocycles. The summed E-state index contributed by atoms with van der Waals surface area (Å²) in [6, 6.07) is 20.6. The fourth-order valence-corrected chi connectivity index (χ4v) is 7.08. The molecule has 3 aromatic carbocycles. The van der Waals surface area contributed by atoms with Crippen molar-refractivity contribution >= 4 is 33.7 Å². The average molecular weight is 571 g/mol. The van der Waals surface area contributed by atoms with E-state index >= 15 is 0 Å². The molecule has 0 bridgehead atoms. The Morgan fingerprint density at radius 3 is 2.44 bits per heavy atom. The molecule has 0 atom stereocenters. The predicted octanol–water partition coefficient (Wildman–Crippen LogP) is 7.28. The molecule has 3 aromatic rings. The summed E-state index contributed by atoms with van der Waals surface area (Å²) in [5.41, 5.74) is 5.43. The molecule has 2 aliphatic carbocycles. The molecule has 2 N–H and O–H groups in total. The fourth-order valence-electron chi connectivity index (χ4n) is 7.08. The zero-order valence-corrected chi connectivity index (χ0v) is 24.6. The highest BCUT2D eigenvalue weighted by Gasteiger charge is 2.45. The van der Waals surface area contributed by atoms with Gasteiger partial charge in [-0.05, 0) is 52.9 Å². The smallest absolute Gasteiger partial charge is 0.201 e. The van der Waals surface area contributed by atoms with Crippen LogP contribution in [0.2, 0.25) is 0 Å². The number of aliphatic hydroxyl groups is 2. The molecule has 2 heterocycles. The number of benzene rings is 3. The molecule has 0 unspecified atom stereocenters. The van der Waals surface area contributed by atoms with E-state index in [0.717, 1.165) is 48.3 Å². The summed E-state index contributed by atoms with van der Waals surface area (Å²) in [5, 5.41) is 24.6. The second kappa shape index (κ2) is 9.87. The minimum atomic E-state index is -0.495. The molecular weight excluding hydrogens is 536 g/mol. The Bertz CT molecular complexity index is 1900. The van der Waals surface area contributed by atoms with Crippen LogP contribution in [-0.4, -0.2) is 34.9 Å².